The lowest BCUT2D eigenvalue weighted by Crippen LogP contribution is -2.28. The zero-order valence-corrected chi connectivity index (χ0v) is 8.64. The molecule has 1 rings (SSSR count). The van der Waals surface area contributed by atoms with Crippen molar-refractivity contribution in [3.63, 3.8) is 0 Å². The van der Waals surface area contributed by atoms with Gasteiger partial charge in [-0.15, -0.1) is 0 Å². The number of hydrogen-bond acceptors (Lipinski definition) is 2. The fraction of sp³-hybridized carbons (Fsp3) is 0.300. The van der Waals surface area contributed by atoms with Gasteiger partial charge in [0.15, 0.2) is 0 Å². The number of benzene rings is 1. The van der Waals surface area contributed by atoms with Crippen molar-refractivity contribution in [1.29, 1.82) is 0 Å². The molecular formula is C10H10F4N2O. The molecule has 17 heavy (non-hydrogen) atoms. The van der Waals surface area contributed by atoms with Gasteiger partial charge in [0.05, 0.1) is 6.54 Å². The molecule has 0 radical (unpaired) electrons. The van der Waals surface area contributed by atoms with E-state index in [9.17, 15) is 22.4 Å². The maximum absolute atomic E-state index is 13.3. The molecule has 0 spiro atoms. The molecule has 3 N–H and O–H groups in total. The number of rotatable bonds is 4. The summed E-state index contributed by atoms with van der Waals surface area (Å²) in [7, 11) is 0. The van der Waals surface area contributed by atoms with Crippen LogP contribution < -0.4 is 11.1 Å². The first kappa shape index (κ1) is 13.4. The first-order valence-electron chi connectivity index (χ1n) is 4.65. The summed E-state index contributed by atoms with van der Waals surface area (Å²) >= 11 is 0. The molecule has 0 atom stereocenters. The first-order chi connectivity index (χ1) is 7.79. The first-order valence-corrected chi connectivity index (χ1v) is 4.65. The van der Waals surface area contributed by atoms with E-state index in [1.165, 1.54) is 12.1 Å². The third-order valence-corrected chi connectivity index (χ3v) is 1.98. The maximum Gasteiger partial charge on any atom is 0.401 e. The van der Waals surface area contributed by atoms with Crippen molar-refractivity contribution in [3.05, 3.63) is 35.1 Å². The molecule has 1 aromatic rings. The smallest absolute Gasteiger partial charge is 0.366 e. The molecule has 0 saturated heterocycles. The Labute approximate surface area is 94.6 Å². The Morgan fingerprint density at radius 3 is 2.47 bits per heavy atom. The highest BCUT2D eigenvalue weighted by molar-refractivity contribution is 5.92. The van der Waals surface area contributed by atoms with E-state index >= 15 is 0 Å². The van der Waals surface area contributed by atoms with Gasteiger partial charge >= 0.3 is 6.18 Å². The predicted octanol–water partition coefficient (Wildman–Crippen LogP) is 1.58. The number of nitrogens with two attached hydrogens (primary N) is 1. The van der Waals surface area contributed by atoms with Gasteiger partial charge in [0.1, 0.15) is 5.82 Å². The van der Waals surface area contributed by atoms with Crippen LogP contribution in [-0.2, 0) is 6.54 Å². The van der Waals surface area contributed by atoms with E-state index in [4.69, 9.17) is 5.73 Å². The van der Waals surface area contributed by atoms with Crippen molar-refractivity contribution in [3.8, 4) is 0 Å². The van der Waals surface area contributed by atoms with Crippen LogP contribution in [0.25, 0.3) is 0 Å². The second-order valence-electron chi connectivity index (χ2n) is 3.39. The molecule has 0 bridgehead atoms. The second kappa shape index (κ2) is 5.13. The highest BCUT2D eigenvalue weighted by Gasteiger charge is 2.26. The number of alkyl halides is 3. The van der Waals surface area contributed by atoms with Crippen molar-refractivity contribution >= 4 is 5.91 Å². The van der Waals surface area contributed by atoms with Crippen LogP contribution in [0.1, 0.15) is 15.9 Å². The number of halogens is 4. The molecule has 0 aliphatic rings. The van der Waals surface area contributed by atoms with E-state index in [-0.39, 0.29) is 17.7 Å². The summed E-state index contributed by atoms with van der Waals surface area (Å²) in [6, 6.07) is 3.38. The maximum atomic E-state index is 13.3. The highest BCUT2D eigenvalue weighted by atomic mass is 19.4. The number of hydrogen-bond donors (Lipinski definition) is 2. The molecule has 0 fully saturated rings. The van der Waals surface area contributed by atoms with Gasteiger partial charge in [-0.05, 0) is 12.1 Å². The molecule has 3 nitrogen and oxygen atoms in total. The van der Waals surface area contributed by atoms with Gasteiger partial charge in [0.25, 0.3) is 0 Å². The molecule has 1 aromatic carbocycles. The Kier molecular flexibility index (Phi) is 4.06. The van der Waals surface area contributed by atoms with E-state index < -0.39 is 24.4 Å². The standard InChI is InChI=1S/C10H10F4N2O/c11-8-3-6(9(15)17)1-2-7(8)4-16-5-10(12,13)14/h1-3,16H,4-5H2,(H2,15,17). The Morgan fingerprint density at radius 1 is 1.35 bits per heavy atom. The van der Waals surface area contributed by atoms with Gasteiger partial charge in [0, 0.05) is 17.7 Å². The SMILES string of the molecule is NC(=O)c1ccc(CNCC(F)(F)F)c(F)c1. The summed E-state index contributed by atoms with van der Waals surface area (Å²) in [5.41, 5.74) is 4.94. The number of amides is 1. The van der Waals surface area contributed by atoms with Gasteiger partial charge in [-0.1, -0.05) is 6.07 Å². The lowest BCUT2D eigenvalue weighted by atomic mass is 10.1. The Morgan fingerprint density at radius 2 is 2.00 bits per heavy atom. The molecule has 0 heterocycles. The van der Waals surface area contributed by atoms with Crippen LogP contribution in [0.15, 0.2) is 18.2 Å². The van der Waals surface area contributed by atoms with Crippen LogP contribution in [-0.4, -0.2) is 18.6 Å². The van der Waals surface area contributed by atoms with Crippen molar-refractivity contribution in [2.24, 2.45) is 5.73 Å². The fourth-order valence-electron chi connectivity index (χ4n) is 1.18. The van der Waals surface area contributed by atoms with E-state index in [0.717, 1.165) is 6.07 Å². The van der Waals surface area contributed by atoms with Crippen LogP contribution in [0.3, 0.4) is 0 Å². The summed E-state index contributed by atoms with van der Waals surface area (Å²) in [4.78, 5) is 10.7. The summed E-state index contributed by atoms with van der Waals surface area (Å²) in [6.45, 7) is -1.48. The molecule has 0 aliphatic heterocycles. The molecular weight excluding hydrogens is 240 g/mol. The minimum atomic E-state index is -4.34. The monoisotopic (exact) mass is 250 g/mol. The molecule has 0 aromatic heterocycles. The summed E-state index contributed by atoms with van der Waals surface area (Å²) < 4.78 is 48.7. The molecule has 94 valence electrons. The lowest BCUT2D eigenvalue weighted by molar-refractivity contribution is -0.125. The lowest BCUT2D eigenvalue weighted by Gasteiger charge is -2.09. The normalized spacial score (nSPS) is 11.5. The van der Waals surface area contributed by atoms with Gasteiger partial charge in [-0.25, -0.2) is 4.39 Å². The number of primary amides is 1. The molecule has 7 heteroatoms. The van der Waals surface area contributed by atoms with Crippen molar-refractivity contribution in [2.75, 3.05) is 6.54 Å². The van der Waals surface area contributed by atoms with Gasteiger partial charge in [-0.3, -0.25) is 4.79 Å². The number of nitrogens with one attached hydrogen (secondary N) is 1. The number of carbonyl (C=O) groups is 1. The highest BCUT2D eigenvalue weighted by Crippen LogP contribution is 2.14. The van der Waals surface area contributed by atoms with Crippen molar-refractivity contribution < 1.29 is 22.4 Å². The summed E-state index contributed by atoms with van der Waals surface area (Å²) in [6.07, 6.45) is -4.34. The third kappa shape index (κ3) is 4.39. The largest absolute Gasteiger partial charge is 0.401 e. The average Bonchev–Trinajstić information content (AvgIpc) is 2.18. The van der Waals surface area contributed by atoms with Crippen LogP contribution >= 0.6 is 0 Å². The van der Waals surface area contributed by atoms with Gasteiger partial charge < -0.3 is 11.1 Å². The molecule has 0 aliphatic carbocycles. The Bertz CT molecular complexity index is 417. The number of carbonyl (C=O) groups excluding carboxylic acids is 1. The zero-order valence-electron chi connectivity index (χ0n) is 8.64. The van der Waals surface area contributed by atoms with Crippen LogP contribution in [0.4, 0.5) is 17.6 Å². The van der Waals surface area contributed by atoms with Crippen molar-refractivity contribution in [2.45, 2.75) is 12.7 Å². The second-order valence-corrected chi connectivity index (χ2v) is 3.39. The van der Waals surface area contributed by atoms with Crippen LogP contribution in [0, 0.1) is 5.82 Å². The molecule has 1 amide bonds. The molecule has 0 saturated carbocycles. The molecule has 0 unspecified atom stereocenters. The minimum absolute atomic E-state index is 0.0259. The average molecular weight is 250 g/mol. The quantitative estimate of drug-likeness (QED) is 0.797. The summed E-state index contributed by atoms with van der Waals surface area (Å²) in [5, 5.41) is 2.05. The van der Waals surface area contributed by atoms with Gasteiger partial charge in [0.2, 0.25) is 5.91 Å². The zero-order chi connectivity index (χ0) is 13.1. The van der Waals surface area contributed by atoms with E-state index in [0.29, 0.717) is 0 Å². The van der Waals surface area contributed by atoms with Crippen molar-refractivity contribution in [1.82, 2.24) is 5.32 Å². The summed E-state index contributed by atoms with van der Waals surface area (Å²) in [5.74, 6) is -1.56. The van der Waals surface area contributed by atoms with Gasteiger partial charge in [-0.2, -0.15) is 13.2 Å². The Hall–Kier alpha value is -1.63. The fourth-order valence-corrected chi connectivity index (χ4v) is 1.18. The van der Waals surface area contributed by atoms with E-state index in [2.05, 4.69) is 0 Å². The van der Waals surface area contributed by atoms with E-state index in [1.54, 1.807) is 0 Å². The Balaban J connectivity index is 2.64. The van der Waals surface area contributed by atoms with Crippen LogP contribution in [0.2, 0.25) is 0 Å². The van der Waals surface area contributed by atoms with Crippen LogP contribution in [0.5, 0.6) is 0 Å². The third-order valence-electron chi connectivity index (χ3n) is 1.98. The predicted molar refractivity (Wildman–Crippen MR) is 52.7 cm³/mol. The topological polar surface area (TPSA) is 55.1 Å². The minimum Gasteiger partial charge on any atom is -0.366 e. The van der Waals surface area contributed by atoms with E-state index in [1.807, 2.05) is 5.32 Å².